The number of ether oxygens (including phenoxy) is 3. The van der Waals surface area contributed by atoms with Crippen molar-refractivity contribution in [2.75, 3.05) is 32.7 Å². The van der Waals surface area contributed by atoms with Crippen molar-refractivity contribution in [3.8, 4) is 17.2 Å². The number of halogens is 1. The predicted octanol–water partition coefficient (Wildman–Crippen LogP) is 3.30. The largest absolute Gasteiger partial charge is 0.495 e. The fourth-order valence-corrected chi connectivity index (χ4v) is 5.36. The second-order valence-electron chi connectivity index (χ2n) is 10.0. The molecule has 1 saturated heterocycles. The monoisotopic (exact) mass is 606 g/mol. The number of benzene rings is 3. The highest BCUT2D eigenvalue weighted by molar-refractivity contribution is 6.32. The van der Waals surface area contributed by atoms with E-state index in [1.165, 1.54) is 30.9 Å². The van der Waals surface area contributed by atoms with Crippen LogP contribution in [0.3, 0.4) is 0 Å². The SMILES string of the molecule is COc1cc(OC)c(NC(=O)Cn2c(=O)n(-c3ccccc3CC(=O)NCC3CCCO3)c(=O)c3ccccc32)cc1Cl. The Labute approximate surface area is 251 Å². The number of para-hydroxylation sites is 2. The molecular formula is C31H31ClN4O7. The molecule has 1 aliphatic rings. The smallest absolute Gasteiger partial charge is 0.336 e. The summed E-state index contributed by atoms with van der Waals surface area (Å²) in [5.41, 5.74) is 0.0151. The van der Waals surface area contributed by atoms with Gasteiger partial charge in [-0.05, 0) is 42.7 Å². The lowest BCUT2D eigenvalue weighted by Gasteiger charge is -2.17. The van der Waals surface area contributed by atoms with E-state index in [9.17, 15) is 19.2 Å². The quantitative estimate of drug-likeness (QED) is 0.283. The second kappa shape index (κ2) is 13.1. The van der Waals surface area contributed by atoms with Crippen molar-refractivity contribution in [1.82, 2.24) is 14.5 Å². The van der Waals surface area contributed by atoms with Crippen LogP contribution >= 0.6 is 11.6 Å². The molecule has 2 N–H and O–H groups in total. The van der Waals surface area contributed by atoms with Gasteiger partial charge in [-0.15, -0.1) is 0 Å². The first-order valence-electron chi connectivity index (χ1n) is 13.7. The van der Waals surface area contributed by atoms with Gasteiger partial charge in [0, 0.05) is 19.2 Å². The number of amides is 2. The van der Waals surface area contributed by atoms with Gasteiger partial charge in [-0.2, -0.15) is 0 Å². The number of nitrogens with zero attached hydrogens (tertiary/aromatic N) is 2. The van der Waals surface area contributed by atoms with Crippen LogP contribution in [0, 0.1) is 0 Å². The summed E-state index contributed by atoms with van der Waals surface area (Å²) in [5, 5.41) is 6.09. The van der Waals surface area contributed by atoms with Gasteiger partial charge in [0.15, 0.2) is 0 Å². The molecule has 1 atom stereocenters. The van der Waals surface area contributed by atoms with Gasteiger partial charge in [-0.25, -0.2) is 9.36 Å². The molecule has 0 spiro atoms. The number of carbonyl (C=O) groups excluding carboxylic acids is 2. The molecule has 11 nitrogen and oxygen atoms in total. The van der Waals surface area contributed by atoms with Crippen molar-refractivity contribution in [3.05, 3.63) is 92.1 Å². The van der Waals surface area contributed by atoms with Gasteiger partial charge >= 0.3 is 5.69 Å². The lowest BCUT2D eigenvalue weighted by molar-refractivity contribution is -0.121. The zero-order valence-electron chi connectivity index (χ0n) is 23.7. The van der Waals surface area contributed by atoms with Gasteiger partial charge in [-0.3, -0.25) is 19.0 Å². The molecular weight excluding hydrogens is 576 g/mol. The fourth-order valence-electron chi connectivity index (χ4n) is 5.12. The Kier molecular flexibility index (Phi) is 9.13. The topological polar surface area (TPSA) is 130 Å². The average Bonchev–Trinajstić information content (AvgIpc) is 3.53. The number of nitrogens with one attached hydrogen (secondary N) is 2. The Morgan fingerprint density at radius 3 is 2.49 bits per heavy atom. The van der Waals surface area contributed by atoms with Gasteiger partial charge in [0.1, 0.15) is 18.0 Å². The van der Waals surface area contributed by atoms with Gasteiger partial charge in [0.05, 0.1) is 54.0 Å². The van der Waals surface area contributed by atoms with Gasteiger partial charge in [-0.1, -0.05) is 41.9 Å². The minimum atomic E-state index is -0.731. The summed E-state index contributed by atoms with van der Waals surface area (Å²) in [7, 11) is 2.90. The van der Waals surface area contributed by atoms with Gasteiger partial charge < -0.3 is 24.8 Å². The molecule has 3 aromatic carbocycles. The number of methoxy groups -OCH3 is 2. The van der Waals surface area contributed by atoms with E-state index in [1.807, 2.05) is 0 Å². The van der Waals surface area contributed by atoms with Gasteiger partial charge in [0.25, 0.3) is 5.56 Å². The first kappa shape index (κ1) is 29.9. The first-order chi connectivity index (χ1) is 20.8. The Hall–Kier alpha value is -4.61. The van der Waals surface area contributed by atoms with Crippen molar-refractivity contribution in [2.45, 2.75) is 31.9 Å². The molecule has 224 valence electrons. The molecule has 0 radical (unpaired) electrons. The van der Waals surface area contributed by atoms with Crippen molar-refractivity contribution < 1.29 is 23.8 Å². The van der Waals surface area contributed by atoms with E-state index in [-0.39, 0.29) is 45.7 Å². The standard InChI is InChI=1S/C31H31ClN4O7/c1-41-26-16-27(42-2)23(15-22(26)32)34-29(38)18-35-25-12-6-4-10-21(25)30(39)36(31(35)40)24-11-5-3-8-19(24)14-28(37)33-17-20-9-7-13-43-20/h3-6,8,10-12,15-16,20H,7,9,13-14,17-18H2,1-2H3,(H,33,37)(H,34,38). The van der Waals surface area contributed by atoms with Crippen LogP contribution in [-0.4, -0.2) is 54.4 Å². The van der Waals surface area contributed by atoms with Crippen molar-refractivity contribution in [2.24, 2.45) is 0 Å². The van der Waals surface area contributed by atoms with E-state index < -0.39 is 23.7 Å². The van der Waals surface area contributed by atoms with Crippen LogP contribution in [0.2, 0.25) is 5.02 Å². The molecule has 0 saturated carbocycles. The molecule has 2 heterocycles. The summed E-state index contributed by atoms with van der Waals surface area (Å²) in [6.07, 6.45) is 1.77. The molecule has 43 heavy (non-hydrogen) atoms. The molecule has 2 amide bonds. The summed E-state index contributed by atoms with van der Waals surface area (Å²) in [4.78, 5) is 53.7. The zero-order valence-corrected chi connectivity index (χ0v) is 24.5. The zero-order chi connectivity index (χ0) is 30.5. The van der Waals surface area contributed by atoms with Gasteiger partial charge in [0.2, 0.25) is 11.8 Å². The number of anilines is 1. The van der Waals surface area contributed by atoms with E-state index in [4.69, 9.17) is 25.8 Å². The molecule has 4 aromatic rings. The second-order valence-corrected chi connectivity index (χ2v) is 10.4. The van der Waals surface area contributed by atoms with Crippen LogP contribution in [0.5, 0.6) is 11.5 Å². The van der Waals surface area contributed by atoms with Crippen molar-refractivity contribution in [1.29, 1.82) is 0 Å². The number of fused-ring (bicyclic) bond motifs is 1. The molecule has 0 bridgehead atoms. The number of hydrogen-bond donors (Lipinski definition) is 2. The molecule has 1 unspecified atom stereocenters. The van der Waals surface area contributed by atoms with E-state index in [1.54, 1.807) is 48.5 Å². The molecule has 1 aliphatic heterocycles. The maximum atomic E-state index is 14.0. The highest BCUT2D eigenvalue weighted by atomic mass is 35.5. The highest BCUT2D eigenvalue weighted by Crippen LogP contribution is 2.35. The van der Waals surface area contributed by atoms with Crippen LogP contribution in [0.4, 0.5) is 5.69 Å². The van der Waals surface area contributed by atoms with E-state index in [2.05, 4.69) is 10.6 Å². The van der Waals surface area contributed by atoms with Crippen LogP contribution < -0.4 is 31.4 Å². The summed E-state index contributed by atoms with van der Waals surface area (Å²) in [6.45, 7) is 0.652. The van der Waals surface area contributed by atoms with E-state index in [0.717, 1.165) is 17.4 Å². The summed E-state index contributed by atoms with van der Waals surface area (Å²) in [5.74, 6) is -0.143. The summed E-state index contributed by atoms with van der Waals surface area (Å²) >= 11 is 6.26. The Bertz CT molecular complexity index is 1790. The third-order valence-corrected chi connectivity index (χ3v) is 7.53. The van der Waals surface area contributed by atoms with E-state index >= 15 is 0 Å². The first-order valence-corrected chi connectivity index (χ1v) is 14.1. The third-order valence-electron chi connectivity index (χ3n) is 7.23. The lowest BCUT2D eigenvalue weighted by atomic mass is 10.1. The minimum Gasteiger partial charge on any atom is -0.495 e. The minimum absolute atomic E-state index is 0.0189. The lowest BCUT2D eigenvalue weighted by Crippen LogP contribution is -2.41. The number of rotatable bonds is 10. The Balaban J connectivity index is 1.49. The number of carbonyl (C=O) groups is 2. The van der Waals surface area contributed by atoms with Crippen molar-refractivity contribution >= 4 is 40.0 Å². The maximum Gasteiger partial charge on any atom is 0.336 e. The normalized spacial score (nSPS) is 14.4. The van der Waals surface area contributed by atoms with Crippen molar-refractivity contribution in [3.63, 3.8) is 0 Å². The maximum absolute atomic E-state index is 14.0. The average molecular weight is 607 g/mol. The Morgan fingerprint density at radius 1 is 1.00 bits per heavy atom. The molecule has 1 fully saturated rings. The van der Waals surface area contributed by atoms with Crippen LogP contribution in [0.15, 0.2) is 70.3 Å². The third kappa shape index (κ3) is 6.42. The van der Waals surface area contributed by atoms with Crippen LogP contribution in [0.1, 0.15) is 18.4 Å². The highest BCUT2D eigenvalue weighted by Gasteiger charge is 2.21. The van der Waals surface area contributed by atoms with Crippen LogP contribution in [0.25, 0.3) is 16.6 Å². The molecule has 1 aromatic heterocycles. The molecule has 12 heteroatoms. The molecule has 0 aliphatic carbocycles. The molecule has 5 rings (SSSR count). The fraction of sp³-hybridized carbons (Fsp3) is 0.290. The van der Waals surface area contributed by atoms with Crippen LogP contribution in [-0.2, 0) is 27.3 Å². The summed E-state index contributed by atoms with van der Waals surface area (Å²) in [6, 6.07) is 16.3. The predicted molar refractivity (Wildman–Crippen MR) is 163 cm³/mol. The number of aromatic nitrogens is 2. The van der Waals surface area contributed by atoms with E-state index in [0.29, 0.717) is 30.2 Å². The Morgan fingerprint density at radius 2 is 1.74 bits per heavy atom. The number of hydrogen-bond acceptors (Lipinski definition) is 7. The summed E-state index contributed by atoms with van der Waals surface area (Å²) < 4.78 is 18.4.